The fourth-order valence-electron chi connectivity index (χ4n) is 2.52. The maximum atomic E-state index is 5.52. The highest BCUT2D eigenvalue weighted by Gasteiger charge is 2.24. The molecule has 0 radical (unpaired) electrons. The predicted octanol–water partition coefficient (Wildman–Crippen LogP) is 3.76. The number of rotatable bonds is 4. The molecule has 0 saturated carbocycles. The van der Waals surface area contributed by atoms with E-state index in [1.807, 2.05) is 11.8 Å². The molecule has 0 amide bonds. The van der Waals surface area contributed by atoms with Crippen molar-refractivity contribution in [2.45, 2.75) is 43.7 Å². The molecule has 2 nitrogen and oxygen atoms in total. The van der Waals surface area contributed by atoms with Crippen molar-refractivity contribution in [2.24, 2.45) is 0 Å². The smallest absolute Gasteiger partial charge is 0.123 e. The number of benzene rings is 1. The minimum absolute atomic E-state index is 0.472. The quantitative estimate of drug-likeness (QED) is 0.895. The lowest BCUT2D eigenvalue weighted by Crippen LogP contribution is -2.24. The summed E-state index contributed by atoms with van der Waals surface area (Å²) in [4.78, 5) is 0. The Morgan fingerprint density at radius 3 is 3.00 bits per heavy atom. The van der Waals surface area contributed by atoms with Crippen molar-refractivity contribution in [3.05, 3.63) is 29.3 Å². The highest BCUT2D eigenvalue weighted by molar-refractivity contribution is 7.99. The molecule has 2 atom stereocenters. The maximum absolute atomic E-state index is 5.52. The molecule has 0 fully saturated rings. The number of ether oxygens (including phenoxy) is 1. The number of hydrogen-bond donors (Lipinski definition) is 1. The molecule has 3 heteroatoms. The predicted molar refractivity (Wildman–Crippen MR) is 79.4 cm³/mol. The molecule has 18 heavy (non-hydrogen) atoms. The van der Waals surface area contributed by atoms with E-state index in [0.717, 1.165) is 18.0 Å². The molecule has 0 bridgehead atoms. The lowest BCUT2D eigenvalue weighted by molar-refractivity contribution is 0.408. The number of hydrogen-bond acceptors (Lipinski definition) is 3. The Hall–Kier alpha value is -0.670. The van der Waals surface area contributed by atoms with E-state index >= 15 is 0 Å². The van der Waals surface area contributed by atoms with E-state index in [9.17, 15) is 0 Å². The zero-order valence-electron chi connectivity index (χ0n) is 11.5. The van der Waals surface area contributed by atoms with Crippen LogP contribution in [-0.4, -0.2) is 18.9 Å². The maximum Gasteiger partial charge on any atom is 0.123 e. The number of nitrogens with one attached hydrogen (secondary N) is 1. The summed E-state index contributed by atoms with van der Waals surface area (Å²) < 4.78 is 5.52. The monoisotopic (exact) mass is 265 g/mol. The van der Waals surface area contributed by atoms with Gasteiger partial charge in [0, 0.05) is 22.6 Å². The Morgan fingerprint density at radius 2 is 2.28 bits per heavy atom. The van der Waals surface area contributed by atoms with E-state index in [-0.39, 0.29) is 0 Å². The Bertz CT molecular complexity index is 394. The van der Waals surface area contributed by atoms with Gasteiger partial charge in [0.15, 0.2) is 0 Å². The van der Waals surface area contributed by atoms with Gasteiger partial charge in [-0.1, -0.05) is 26.0 Å². The highest BCUT2D eigenvalue weighted by atomic mass is 32.2. The first kappa shape index (κ1) is 13.8. The van der Waals surface area contributed by atoms with Crippen LogP contribution in [-0.2, 0) is 5.75 Å². The van der Waals surface area contributed by atoms with E-state index in [1.165, 1.54) is 24.0 Å². The Morgan fingerprint density at radius 1 is 1.44 bits per heavy atom. The third kappa shape index (κ3) is 3.01. The van der Waals surface area contributed by atoms with Crippen LogP contribution in [0.4, 0.5) is 0 Å². The first-order valence-electron chi connectivity index (χ1n) is 6.77. The molecule has 1 N–H and O–H groups in total. The molecular weight excluding hydrogens is 242 g/mol. The van der Waals surface area contributed by atoms with Crippen molar-refractivity contribution in [1.82, 2.24) is 5.32 Å². The SMILES string of the molecule is CCCNC1CC(C)SCc2c(OC)cccc21. The zero-order valence-corrected chi connectivity index (χ0v) is 12.3. The number of methoxy groups -OCH3 is 1. The molecule has 0 aromatic heterocycles. The molecule has 0 saturated heterocycles. The van der Waals surface area contributed by atoms with Crippen molar-refractivity contribution in [2.75, 3.05) is 13.7 Å². The Balaban J connectivity index is 2.31. The summed E-state index contributed by atoms with van der Waals surface area (Å²) in [6, 6.07) is 6.91. The average Bonchev–Trinajstić information content (AvgIpc) is 2.56. The van der Waals surface area contributed by atoms with Crippen LogP contribution in [0.25, 0.3) is 0 Å². The second-order valence-corrected chi connectivity index (χ2v) is 6.32. The summed E-state index contributed by atoms with van der Waals surface area (Å²) in [5, 5.41) is 4.37. The fraction of sp³-hybridized carbons (Fsp3) is 0.600. The molecule has 1 aliphatic rings. The third-order valence-electron chi connectivity index (χ3n) is 3.49. The number of fused-ring (bicyclic) bond motifs is 1. The van der Waals surface area contributed by atoms with Gasteiger partial charge >= 0.3 is 0 Å². The summed E-state index contributed by atoms with van der Waals surface area (Å²) in [5.41, 5.74) is 2.81. The van der Waals surface area contributed by atoms with Crippen LogP contribution >= 0.6 is 11.8 Å². The fourth-order valence-corrected chi connectivity index (χ4v) is 3.61. The molecule has 1 aromatic rings. The minimum atomic E-state index is 0.472. The molecule has 2 rings (SSSR count). The van der Waals surface area contributed by atoms with Gasteiger partial charge in [0.2, 0.25) is 0 Å². The summed E-state index contributed by atoms with van der Waals surface area (Å²) in [6.07, 6.45) is 2.38. The largest absolute Gasteiger partial charge is 0.496 e. The van der Waals surface area contributed by atoms with Gasteiger partial charge in [0.1, 0.15) is 5.75 Å². The van der Waals surface area contributed by atoms with Gasteiger partial charge in [-0.05, 0) is 31.0 Å². The van der Waals surface area contributed by atoms with Crippen LogP contribution < -0.4 is 10.1 Å². The van der Waals surface area contributed by atoms with E-state index in [4.69, 9.17) is 4.74 Å². The standard InChI is InChI=1S/C15H23NOS/c1-4-8-16-14-9-11(2)18-10-13-12(14)6-5-7-15(13)17-3/h5-7,11,14,16H,4,8-10H2,1-3H3. The summed E-state index contributed by atoms with van der Waals surface area (Å²) in [5.74, 6) is 2.10. The van der Waals surface area contributed by atoms with Gasteiger partial charge in [-0.3, -0.25) is 0 Å². The number of thioether (sulfide) groups is 1. The van der Waals surface area contributed by atoms with Crippen molar-refractivity contribution in [3.8, 4) is 5.75 Å². The van der Waals surface area contributed by atoms with E-state index < -0.39 is 0 Å². The second kappa shape index (κ2) is 6.48. The molecular formula is C15H23NOS. The van der Waals surface area contributed by atoms with Crippen LogP contribution in [0.3, 0.4) is 0 Å². The zero-order chi connectivity index (χ0) is 13.0. The third-order valence-corrected chi connectivity index (χ3v) is 4.70. The second-order valence-electron chi connectivity index (χ2n) is 4.89. The molecule has 0 aliphatic carbocycles. The first-order chi connectivity index (χ1) is 8.76. The van der Waals surface area contributed by atoms with E-state index in [2.05, 4.69) is 37.4 Å². The lowest BCUT2D eigenvalue weighted by atomic mass is 9.97. The van der Waals surface area contributed by atoms with Crippen LogP contribution in [0.15, 0.2) is 18.2 Å². The van der Waals surface area contributed by atoms with E-state index in [0.29, 0.717) is 11.3 Å². The molecule has 1 heterocycles. The summed E-state index contributed by atoms with van der Waals surface area (Å²) in [7, 11) is 1.77. The molecule has 2 unspecified atom stereocenters. The summed E-state index contributed by atoms with van der Waals surface area (Å²) >= 11 is 2.03. The van der Waals surface area contributed by atoms with Crippen molar-refractivity contribution in [1.29, 1.82) is 0 Å². The molecule has 1 aliphatic heterocycles. The minimum Gasteiger partial charge on any atom is -0.496 e. The highest BCUT2D eigenvalue weighted by Crippen LogP contribution is 2.38. The lowest BCUT2D eigenvalue weighted by Gasteiger charge is -2.21. The average molecular weight is 265 g/mol. The molecule has 1 aromatic carbocycles. The van der Waals surface area contributed by atoms with Crippen LogP contribution in [0.5, 0.6) is 5.75 Å². The molecule has 100 valence electrons. The molecule has 0 spiro atoms. The van der Waals surface area contributed by atoms with Crippen molar-refractivity contribution >= 4 is 11.8 Å². The van der Waals surface area contributed by atoms with Gasteiger partial charge in [-0.25, -0.2) is 0 Å². The van der Waals surface area contributed by atoms with Crippen LogP contribution in [0, 0.1) is 0 Å². The summed E-state index contributed by atoms with van der Waals surface area (Å²) in [6.45, 7) is 5.62. The van der Waals surface area contributed by atoms with E-state index in [1.54, 1.807) is 7.11 Å². The van der Waals surface area contributed by atoms with Crippen LogP contribution in [0.1, 0.15) is 43.9 Å². The van der Waals surface area contributed by atoms with Crippen molar-refractivity contribution in [3.63, 3.8) is 0 Å². The van der Waals surface area contributed by atoms with Gasteiger partial charge in [-0.2, -0.15) is 11.8 Å². The van der Waals surface area contributed by atoms with Gasteiger partial charge < -0.3 is 10.1 Å². The Kier molecular flexibility index (Phi) is 4.95. The van der Waals surface area contributed by atoms with Gasteiger partial charge in [-0.15, -0.1) is 0 Å². The normalized spacial score (nSPS) is 23.3. The Labute approximate surface area is 114 Å². The van der Waals surface area contributed by atoms with Crippen molar-refractivity contribution < 1.29 is 4.74 Å². The van der Waals surface area contributed by atoms with Gasteiger partial charge in [0.05, 0.1) is 7.11 Å². The van der Waals surface area contributed by atoms with Gasteiger partial charge in [0.25, 0.3) is 0 Å². The topological polar surface area (TPSA) is 21.3 Å². The van der Waals surface area contributed by atoms with Crippen LogP contribution in [0.2, 0.25) is 0 Å². The first-order valence-corrected chi connectivity index (χ1v) is 7.81.